The Bertz CT molecular complexity index is 409. The van der Waals surface area contributed by atoms with Crippen molar-refractivity contribution in [2.24, 2.45) is 5.92 Å². The van der Waals surface area contributed by atoms with Crippen LogP contribution in [0.25, 0.3) is 0 Å². The summed E-state index contributed by atoms with van der Waals surface area (Å²) in [5.74, 6) is 0.570. The predicted molar refractivity (Wildman–Crippen MR) is 81.8 cm³/mol. The Labute approximate surface area is 126 Å². The van der Waals surface area contributed by atoms with E-state index >= 15 is 0 Å². The van der Waals surface area contributed by atoms with Crippen molar-refractivity contribution in [3.05, 3.63) is 32.7 Å². The Morgan fingerprint density at radius 1 is 1.33 bits per heavy atom. The predicted octanol–water partition coefficient (Wildman–Crippen LogP) is 4.29. The van der Waals surface area contributed by atoms with Gasteiger partial charge in [-0.2, -0.15) is 0 Å². The topological polar surface area (TPSA) is 21.3 Å². The fourth-order valence-corrected chi connectivity index (χ4v) is 2.93. The van der Waals surface area contributed by atoms with Crippen LogP contribution in [0, 0.1) is 5.92 Å². The molecule has 0 saturated carbocycles. The van der Waals surface area contributed by atoms with Crippen LogP contribution < -0.4 is 5.32 Å². The molecule has 0 amide bonds. The molecule has 1 N–H and O–H groups in total. The van der Waals surface area contributed by atoms with E-state index in [0.717, 1.165) is 28.5 Å². The van der Waals surface area contributed by atoms with Gasteiger partial charge in [0.1, 0.15) is 0 Å². The van der Waals surface area contributed by atoms with Crippen LogP contribution in [0.5, 0.6) is 0 Å². The van der Waals surface area contributed by atoms with Crippen LogP contribution >= 0.6 is 31.9 Å². The van der Waals surface area contributed by atoms with Gasteiger partial charge in [-0.3, -0.25) is 0 Å². The number of hydrogen-bond acceptors (Lipinski definition) is 2. The number of benzene rings is 1. The smallest absolute Gasteiger partial charge is 0.0866 e. The van der Waals surface area contributed by atoms with Crippen LogP contribution in [-0.2, 0) is 4.74 Å². The molecule has 1 fully saturated rings. The molecule has 0 aromatic heterocycles. The minimum atomic E-state index is 0.223. The standard InChI is InChI=1S/C14H19Br2NO/c1-9(2)17-8-11-5-6-18-14(11)10-3-4-12(15)13(16)7-10/h3-4,7,9,11,14,17H,5-6,8H2,1-2H3. The van der Waals surface area contributed by atoms with Crippen LogP contribution in [0.2, 0.25) is 0 Å². The van der Waals surface area contributed by atoms with E-state index in [4.69, 9.17) is 4.74 Å². The van der Waals surface area contributed by atoms with Gasteiger partial charge in [-0.05, 0) is 56.0 Å². The molecule has 1 aliphatic heterocycles. The zero-order valence-corrected chi connectivity index (χ0v) is 13.9. The lowest BCUT2D eigenvalue weighted by molar-refractivity contribution is 0.0900. The zero-order chi connectivity index (χ0) is 13.1. The first-order chi connectivity index (χ1) is 8.58. The second kappa shape index (κ2) is 6.51. The van der Waals surface area contributed by atoms with Crippen molar-refractivity contribution in [3.63, 3.8) is 0 Å². The monoisotopic (exact) mass is 375 g/mol. The van der Waals surface area contributed by atoms with Crippen molar-refractivity contribution in [2.75, 3.05) is 13.2 Å². The summed E-state index contributed by atoms with van der Waals surface area (Å²) in [4.78, 5) is 0. The Hall–Kier alpha value is 0.1000. The number of nitrogens with one attached hydrogen (secondary N) is 1. The zero-order valence-electron chi connectivity index (χ0n) is 10.7. The Morgan fingerprint density at radius 2 is 2.11 bits per heavy atom. The Balaban J connectivity index is 2.08. The van der Waals surface area contributed by atoms with E-state index in [1.165, 1.54) is 5.56 Å². The molecule has 4 heteroatoms. The summed E-state index contributed by atoms with van der Waals surface area (Å²) >= 11 is 7.06. The lowest BCUT2D eigenvalue weighted by atomic mass is 9.95. The molecule has 1 saturated heterocycles. The van der Waals surface area contributed by atoms with E-state index in [1.54, 1.807) is 0 Å². The molecule has 18 heavy (non-hydrogen) atoms. The highest BCUT2D eigenvalue weighted by molar-refractivity contribution is 9.13. The second-order valence-electron chi connectivity index (χ2n) is 5.08. The molecule has 2 nitrogen and oxygen atoms in total. The van der Waals surface area contributed by atoms with Gasteiger partial charge in [-0.1, -0.05) is 19.9 Å². The molecule has 100 valence electrons. The maximum absolute atomic E-state index is 5.90. The third-order valence-corrected chi connectivity index (χ3v) is 5.15. The molecular weight excluding hydrogens is 358 g/mol. The molecule has 1 heterocycles. The van der Waals surface area contributed by atoms with E-state index in [2.05, 4.69) is 69.2 Å². The molecule has 1 aliphatic rings. The van der Waals surface area contributed by atoms with E-state index in [9.17, 15) is 0 Å². The molecule has 1 aromatic carbocycles. The number of hydrogen-bond donors (Lipinski definition) is 1. The average Bonchev–Trinajstić information content (AvgIpc) is 2.78. The van der Waals surface area contributed by atoms with Gasteiger partial charge in [0.2, 0.25) is 0 Å². The maximum Gasteiger partial charge on any atom is 0.0866 e. The summed E-state index contributed by atoms with van der Waals surface area (Å²) in [6.07, 6.45) is 1.36. The summed E-state index contributed by atoms with van der Waals surface area (Å²) in [5.41, 5.74) is 1.26. The van der Waals surface area contributed by atoms with Crippen molar-refractivity contribution in [1.82, 2.24) is 5.32 Å². The van der Waals surface area contributed by atoms with E-state index in [0.29, 0.717) is 12.0 Å². The average molecular weight is 377 g/mol. The van der Waals surface area contributed by atoms with Gasteiger partial charge in [0, 0.05) is 34.1 Å². The first kappa shape index (κ1) is 14.5. The van der Waals surface area contributed by atoms with Crippen LogP contribution in [0.15, 0.2) is 27.1 Å². The molecule has 2 atom stereocenters. The maximum atomic E-state index is 5.90. The first-order valence-electron chi connectivity index (χ1n) is 6.38. The Kier molecular flexibility index (Phi) is 5.24. The summed E-state index contributed by atoms with van der Waals surface area (Å²) in [6.45, 7) is 6.25. The van der Waals surface area contributed by atoms with Gasteiger partial charge in [0.25, 0.3) is 0 Å². The van der Waals surface area contributed by atoms with Gasteiger partial charge < -0.3 is 10.1 Å². The van der Waals surface area contributed by atoms with Crippen molar-refractivity contribution < 1.29 is 4.74 Å². The Morgan fingerprint density at radius 3 is 2.78 bits per heavy atom. The highest BCUT2D eigenvalue weighted by atomic mass is 79.9. The molecular formula is C14H19Br2NO. The summed E-state index contributed by atoms with van der Waals surface area (Å²) in [7, 11) is 0. The highest BCUT2D eigenvalue weighted by Gasteiger charge is 2.29. The molecule has 2 rings (SSSR count). The van der Waals surface area contributed by atoms with Gasteiger partial charge in [0.15, 0.2) is 0 Å². The van der Waals surface area contributed by atoms with Gasteiger partial charge in [0.05, 0.1) is 6.10 Å². The van der Waals surface area contributed by atoms with Gasteiger partial charge in [-0.25, -0.2) is 0 Å². The van der Waals surface area contributed by atoms with Crippen LogP contribution in [-0.4, -0.2) is 19.2 Å². The third-order valence-electron chi connectivity index (χ3n) is 3.27. The fourth-order valence-electron chi connectivity index (χ4n) is 2.29. The fraction of sp³-hybridized carbons (Fsp3) is 0.571. The number of halogens is 2. The third kappa shape index (κ3) is 3.56. The van der Waals surface area contributed by atoms with Crippen LogP contribution in [0.1, 0.15) is 31.9 Å². The van der Waals surface area contributed by atoms with Crippen molar-refractivity contribution in [3.8, 4) is 0 Å². The normalized spacial score (nSPS) is 23.8. The molecule has 1 aromatic rings. The van der Waals surface area contributed by atoms with E-state index in [-0.39, 0.29) is 6.10 Å². The molecule has 0 spiro atoms. The minimum Gasteiger partial charge on any atom is -0.373 e. The summed E-state index contributed by atoms with van der Waals surface area (Å²) in [6, 6.07) is 6.91. The largest absolute Gasteiger partial charge is 0.373 e. The molecule has 0 bridgehead atoms. The van der Waals surface area contributed by atoms with Crippen molar-refractivity contribution in [1.29, 1.82) is 0 Å². The lowest BCUT2D eigenvalue weighted by Gasteiger charge is -2.21. The number of rotatable bonds is 4. The van der Waals surface area contributed by atoms with Gasteiger partial charge in [-0.15, -0.1) is 0 Å². The van der Waals surface area contributed by atoms with Gasteiger partial charge >= 0.3 is 0 Å². The van der Waals surface area contributed by atoms with E-state index in [1.807, 2.05) is 0 Å². The van der Waals surface area contributed by atoms with Crippen molar-refractivity contribution >= 4 is 31.9 Å². The SMILES string of the molecule is CC(C)NCC1CCOC1c1ccc(Br)c(Br)c1. The lowest BCUT2D eigenvalue weighted by Crippen LogP contribution is -2.30. The quantitative estimate of drug-likeness (QED) is 0.846. The minimum absolute atomic E-state index is 0.223. The molecule has 0 radical (unpaired) electrons. The van der Waals surface area contributed by atoms with E-state index < -0.39 is 0 Å². The first-order valence-corrected chi connectivity index (χ1v) is 7.96. The summed E-state index contributed by atoms with van der Waals surface area (Å²) < 4.78 is 8.08. The van der Waals surface area contributed by atoms with Crippen molar-refractivity contribution in [2.45, 2.75) is 32.4 Å². The second-order valence-corrected chi connectivity index (χ2v) is 6.79. The van der Waals surface area contributed by atoms with Crippen LogP contribution in [0.4, 0.5) is 0 Å². The van der Waals surface area contributed by atoms with Crippen LogP contribution in [0.3, 0.4) is 0 Å². The molecule has 0 aliphatic carbocycles. The molecule has 2 unspecified atom stereocenters. The highest BCUT2D eigenvalue weighted by Crippen LogP contribution is 2.36. The number of ether oxygens (including phenoxy) is 1. The summed E-state index contributed by atoms with van der Waals surface area (Å²) in [5, 5.41) is 3.51.